The highest BCUT2D eigenvalue weighted by Gasteiger charge is 2.36. The number of benzene rings is 1. The van der Waals surface area contributed by atoms with Gasteiger partial charge in [-0.05, 0) is 17.9 Å². The number of amides is 1. The number of rotatable bonds is 4. The molecular formula is C17H14F3N3O2S2. The first-order valence-electron chi connectivity index (χ1n) is 7.83. The lowest BCUT2D eigenvalue weighted by atomic mass is 10.2. The minimum absolute atomic E-state index is 0.0952. The Labute approximate surface area is 160 Å². The molecule has 2 heterocycles. The lowest BCUT2D eigenvalue weighted by Crippen LogP contribution is -2.35. The molecule has 0 radical (unpaired) electrons. The summed E-state index contributed by atoms with van der Waals surface area (Å²) in [6.45, 7) is 1.80. The van der Waals surface area contributed by atoms with Crippen LogP contribution >= 0.6 is 23.1 Å². The van der Waals surface area contributed by atoms with Gasteiger partial charge in [0.25, 0.3) is 11.5 Å². The molecule has 0 aliphatic carbocycles. The van der Waals surface area contributed by atoms with E-state index in [1.54, 1.807) is 37.3 Å². The molecule has 0 N–H and O–H groups in total. The Bertz CT molecular complexity index is 1050. The molecule has 0 unspecified atom stereocenters. The predicted octanol–water partition coefficient (Wildman–Crippen LogP) is 4.16. The number of fused-ring (bicyclic) bond motifs is 1. The van der Waals surface area contributed by atoms with Crippen molar-refractivity contribution in [2.75, 3.05) is 17.7 Å². The largest absolute Gasteiger partial charge is 0.432 e. The van der Waals surface area contributed by atoms with Crippen molar-refractivity contribution in [2.24, 2.45) is 0 Å². The third-order valence-electron chi connectivity index (χ3n) is 3.77. The molecule has 10 heteroatoms. The lowest BCUT2D eigenvalue weighted by Gasteiger charge is -2.18. The number of nitrogens with zero attached hydrogens (tertiary/aromatic N) is 3. The van der Waals surface area contributed by atoms with Crippen molar-refractivity contribution >= 4 is 39.7 Å². The van der Waals surface area contributed by atoms with Crippen molar-refractivity contribution in [3.63, 3.8) is 0 Å². The fourth-order valence-corrected chi connectivity index (χ4v) is 4.18. The molecule has 0 saturated carbocycles. The van der Waals surface area contributed by atoms with Crippen LogP contribution in [-0.4, -0.2) is 28.1 Å². The standard InChI is InChI=1S/C17H14F3N3O2S2/c1-3-26-13-12(14(24)22(2)10-7-5-4-6-8-10)15(25)23-11(17(18,19)20)9-27-16(23)21-13/h4-9H,3H2,1-2H3. The van der Waals surface area contributed by atoms with E-state index in [1.165, 1.54) is 11.9 Å². The number of alkyl halides is 3. The van der Waals surface area contributed by atoms with Gasteiger partial charge in [0.1, 0.15) is 16.3 Å². The van der Waals surface area contributed by atoms with Crippen LogP contribution in [-0.2, 0) is 6.18 Å². The highest BCUT2D eigenvalue weighted by Crippen LogP contribution is 2.32. The summed E-state index contributed by atoms with van der Waals surface area (Å²) in [6.07, 6.45) is -4.73. The molecule has 27 heavy (non-hydrogen) atoms. The Hall–Kier alpha value is -2.33. The number of carbonyl (C=O) groups excluding carboxylic acids is 1. The highest BCUT2D eigenvalue weighted by atomic mass is 32.2. The summed E-state index contributed by atoms with van der Waals surface area (Å²) in [4.78, 5) is 31.2. The van der Waals surface area contributed by atoms with Gasteiger partial charge in [-0.15, -0.1) is 23.1 Å². The number of anilines is 1. The SMILES string of the molecule is CCSc1nc2scc(C(F)(F)F)n2c(=O)c1C(=O)N(C)c1ccccc1. The number of thioether (sulfide) groups is 1. The van der Waals surface area contributed by atoms with E-state index in [0.29, 0.717) is 27.2 Å². The Balaban J connectivity index is 2.23. The first-order valence-corrected chi connectivity index (χ1v) is 9.69. The molecule has 0 aliphatic rings. The van der Waals surface area contributed by atoms with Crippen molar-refractivity contribution in [3.05, 3.63) is 57.3 Å². The Kier molecular flexibility index (Phi) is 5.29. The van der Waals surface area contributed by atoms with Crippen molar-refractivity contribution in [1.82, 2.24) is 9.38 Å². The van der Waals surface area contributed by atoms with Crippen LogP contribution in [0.15, 0.2) is 45.5 Å². The van der Waals surface area contributed by atoms with Gasteiger partial charge in [-0.1, -0.05) is 25.1 Å². The fourth-order valence-electron chi connectivity index (χ4n) is 2.49. The second-order valence-electron chi connectivity index (χ2n) is 5.47. The molecule has 142 valence electrons. The maximum Gasteiger partial charge on any atom is 0.432 e. The smallest absolute Gasteiger partial charge is 0.311 e. The molecular weight excluding hydrogens is 399 g/mol. The van der Waals surface area contributed by atoms with Gasteiger partial charge in [0, 0.05) is 18.1 Å². The Morgan fingerprint density at radius 2 is 1.96 bits per heavy atom. The molecule has 0 aliphatic heterocycles. The van der Waals surface area contributed by atoms with Gasteiger partial charge in [0.2, 0.25) is 0 Å². The fraction of sp³-hybridized carbons (Fsp3) is 0.235. The topological polar surface area (TPSA) is 54.7 Å². The van der Waals surface area contributed by atoms with Gasteiger partial charge in [0.15, 0.2) is 4.96 Å². The van der Waals surface area contributed by atoms with E-state index in [2.05, 4.69) is 4.98 Å². The third-order valence-corrected chi connectivity index (χ3v) is 5.45. The Morgan fingerprint density at radius 3 is 2.56 bits per heavy atom. The molecule has 0 spiro atoms. The van der Waals surface area contributed by atoms with Crippen LogP contribution in [0.5, 0.6) is 0 Å². The number of thiazole rings is 1. The quantitative estimate of drug-likeness (QED) is 0.476. The molecule has 3 rings (SSSR count). The zero-order valence-electron chi connectivity index (χ0n) is 14.3. The predicted molar refractivity (Wildman–Crippen MR) is 99.9 cm³/mol. The monoisotopic (exact) mass is 413 g/mol. The number of halogens is 3. The summed E-state index contributed by atoms with van der Waals surface area (Å²) < 4.78 is 40.2. The van der Waals surface area contributed by atoms with E-state index in [4.69, 9.17) is 0 Å². The summed E-state index contributed by atoms with van der Waals surface area (Å²) in [7, 11) is 1.46. The van der Waals surface area contributed by atoms with Gasteiger partial charge in [0.05, 0.1) is 0 Å². The number of para-hydroxylation sites is 1. The second kappa shape index (κ2) is 7.35. The van der Waals surface area contributed by atoms with E-state index in [9.17, 15) is 22.8 Å². The van der Waals surface area contributed by atoms with Gasteiger partial charge < -0.3 is 4.90 Å². The van der Waals surface area contributed by atoms with Crippen LogP contribution in [0.1, 0.15) is 23.0 Å². The zero-order chi connectivity index (χ0) is 19.8. The summed E-state index contributed by atoms with van der Waals surface area (Å²) in [6, 6.07) is 8.54. The number of hydrogen-bond donors (Lipinski definition) is 0. The first-order chi connectivity index (χ1) is 12.8. The van der Waals surface area contributed by atoms with Crippen LogP contribution < -0.4 is 10.5 Å². The lowest BCUT2D eigenvalue weighted by molar-refractivity contribution is -0.141. The van der Waals surface area contributed by atoms with Crippen molar-refractivity contribution in [3.8, 4) is 0 Å². The Morgan fingerprint density at radius 1 is 1.30 bits per heavy atom. The van der Waals surface area contributed by atoms with E-state index in [1.807, 2.05) is 0 Å². The average Bonchev–Trinajstić information content (AvgIpc) is 3.06. The van der Waals surface area contributed by atoms with E-state index >= 15 is 0 Å². The minimum atomic E-state index is -4.73. The summed E-state index contributed by atoms with van der Waals surface area (Å²) in [5, 5.41) is 0.963. The molecule has 0 atom stereocenters. The van der Waals surface area contributed by atoms with Crippen LogP contribution in [0.3, 0.4) is 0 Å². The number of carbonyl (C=O) groups is 1. The van der Waals surface area contributed by atoms with Gasteiger partial charge in [-0.25, -0.2) is 9.38 Å². The van der Waals surface area contributed by atoms with E-state index in [0.717, 1.165) is 17.1 Å². The molecule has 3 aromatic rings. The molecule has 2 aromatic heterocycles. The van der Waals surface area contributed by atoms with E-state index in [-0.39, 0.29) is 15.6 Å². The molecule has 1 aromatic carbocycles. The summed E-state index contributed by atoms with van der Waals surface area (Å²) in [5.41, 5.74) is -2.00. The first kappa shape index (κ1) is 19.4. The number of hydrogen-bond acceptors (Lipinski definition) is 5. The van der Waals surface area contributed by atoms with Crippen molar-refractivity contribution in [1.29, 1.82) is 0 Å². The zero-order valence-corrected chi connectivity index (χ0v) is 15.9. The van der Waals surface area contributed by atoms with Gasteiger partial charge in [-0.3, -0.25) is 9.59 Å². The molecule has 0 bridgehead atoms. The third kappa shape index (κ3) is 3.59. The second-order valence-corrected chi connectivity index (χ2v) is 7.56. The van der Waals surface area contributed by atoms with Crippen LogP contribution in [0.2, 0.25) is 0 Å². The van der Waals surface area contributed by atoms with E-state index < -0.39 is 23.3 Å². The van der Waals surface area contributed by atoms with Gasteiger partial charge >= 0.3 is 6.18 Å². The van der Waals surface area contributed by atoms with Crippen molar-refractivity contribution in [2.45, 2.75) is 18.1 Å². The molecule has 1 amide bonds. The van der Waals surface area contributed by atoms with Crippen molar-refractivity contribution < 1.29 is 18.0 Å². The molecule has 5 nitrogen and oxygen atoms in total. The summed E-state index contributed by atoms with van der Waals surface area (Å²) in [5.74, 6) is -0.196. The normalized spacial score (nSPS) is 11.7. The number of aromatic nitrogens is 2. The molecule has 0 fully saturated rings. The maximum atomic E-state index is 13.3. The van der Waals surface area contributed by atoms with Crippen LogP contribution in [0.4, 0.5) is 18.9 Å². The molecule has 0 saturated heterocycles. The van der Waals surface area contributed by atoms with Crippen LogP contribution in [0, 0.1) is 0 Å². The minimum Gasteiger partial charge on any atom is -0.311 e. The van der Waals surface area contributed by atoms with Crippen LogP contribution in [0.25, 0.3) is 4.96 Å². The average molecular weight is 413 g/mol. The highest BCUT2D eigenvalue weighted by molar-refractivity contribution is 7.99. The van der Waals surface area contributed by atoms with Gasteiger partial charge in [-0.2, -0.15) is 13.2 Å². The maximum absolute atomic E-state index is 13.3. The summed E-state index contributed by atoms with van der Waals surface area (Å²) >= 11 is 1.86.